The lowest BCUT2D eigenvalue weighted by Crippen LogP contribution is -2.29. The number of esters is 1. The van der Waals surface area contributed by atoms with E-state index in [9.17, 15) is 4.79 Å². The van der Waals surface area contributed by atoms with E-state index in [1.54, 1.807) is 18.2 Å². The van der Waals surface area contributed by atoms with Crippen LogP contribution in [0.5, 0.6) is 0 Å². The van der Waals surface area contributed by atoms with Crippen LogP contribution in [0.4, 0.5) is 5.69 Å². The molecule has 4 rings (SSSR count). The minimum atomic E-state index is -0.327. The van der Waals surface area contributed by atoms with Gasteiger partial charge in [0.15, 0.2) is 0 Å². The van der Waals surface area contributed by atoms with Crippen molar-refractivity contribution in [1.29, 1.82) is 0 Å². The third-order valence-electron chi connectivity index (χ3n) is 5.08. The Morgan fingerprint density at radius 3 is 2.68 bits per heavy atom. The van der Waals surface area contributed by atoms with E-state index >= 15 is 0 Å². The monoisotopic (exact) mass is 373 g/mol. The van der Waals surface area contributed by atoms with Crippen molar-refractivity contribution in [2.24, 2.45) is 5.92 Å². The van der Waals surface area contributed by atoms with Gasteiger partial charge in [0.05, 0.1) is 29.4 Å². The fourth-order valence-electron chi connectivity index (χ4n) is 3.90. The van der Waals surface area contributed by atoms with Crippen LogP contribution < -0.4 is 5.32 Å². The number of hydrogen-bond acceptors (Lipinski definition) is 3. The van der Waals surface area contributed by atoms with Crippen molar-refractivity contribution < 1.29 is 9.53 Å². The average molecular weight is 374 g/mol. The number of ether oxygens (including phenoxy) is 1. The Morgan fingerprint density at radius 1 is 1.20 bits per heavy atom. The summed E-state index contributed by atoms with van der Waals surface area (Å²) < 4.78 is 4.77. The Labute approximate surface area is 156 Å². The topological polar surface area (TPSA) is 38.3 Å². The Bertz CT molecular complexity index is 861. The van der Waals surface area contributed by atoms with Crippen molar-refractivity contribution in [3.05, 3.63) is 75.3 Å². The van der Waals surface area contributed by atoms with Crippen molar-refractivity contribution in [3.8, 4) is 0 Å². The summed E-state index contributed by atoms with van der Waals surface area (Å²) in [4.78, 5) is 11.6. The van der Waals surface area contributed by atoms with Gasteiger partial charge in [0.2, 0.25) is 0 Å². The first-order valence-corrected chi connectivity index (χ1v) is 8.94. The second kappa shape index (κ2) is 6.40. The molecule has 1 aliphatic heterocycles. The van der Waals surface area contributed by atoms with Gasteiger partial charge >= 0.3 is 5.97 Å². The van der Waals surface area contributed by atoms with E-state index in [4.69, 9.17) is 27.9 Å². The molecule has 5 heteroatoms. The maximum Gasteiger partial charge on any atom is 0.337 e. The first-order chi connectivity index (χ1) is 12.1. The van der Waals surface area contributed by atoms with Gasteiger partial charge < -0.3 is 10.1 Å². The van der Waals surface area contributed by atoms with Crippen LogP contribution in [-0.4, -0.2) is 13.1 Å². The smallest absolute Gasteiger partial charge is 0.337 e. The summed E-state index contributed by atoms with van der Waals surface area (Å²) >= 11 is 12.7. The number of carbonyl (C=O) groups excluding carboxylic acids is 1. The molecule has 2 aromatic carbocycles. The molecule has 2 aliphatic rings. The summed E-state index contributed by atoms with van der Waals surface area (Å²) in [6.45, 7) is 0. The van der Waals surface area contributed by atoms with Gasteiger partial charge in [-0.1, -0.05) is 47.5 Å². The highest BCUT2D eigenvalue weighted by molar-refractivity contribution is 6.36. The maximum absolute atomic E-state index is 11.6. The number of rotatable bonds is 2. The highest BCUT2D eigenvalue weighted by Gasteiger charge is 2.38. The van der Waals surface area contributed by atoms with Gasteiger partial charge in [-0.05, 0) is 47.7 Å². The van der Waals surface area contributed by atoms with Crippen molar-refractivity contribution in [1.82, 2.24) is 0 Å². The van der Waals surface area contributed by atoms with Crippen molar-refractivity contribution in [2.75, 3.05) is 12.4 Å². The normalized spacial score (nSPS) is 23.6. The summed E-state index contributed by atoms with van der Waals surface area (Å²) in [6, 6.07) is 11.5. The molecule has 0 saturated carbocycles. The standard InChI is InChI=1S/C20H17Cl2NO2/c1-25-20(24)12-7-5-11(6-8-12)18-15-4-2-3-14(15)16-9-13(21)10-17(22)19(16)23-18/h2-3,5-10,14-15,18,23H,4H2,1H3/t14-,15-,18-/m0/s1. The summed E-state index contributed by atoms with van der Waals surface area (Å²) in [5.41, 5.74) is 3.77. The van der Waals surface area contributed by atoms with Crippen LogP contribution in [0, 0.1) is 5.92 Å². The minimum Gasteiger partial charge on any atom is -0.465 e. The fraction of sp³-hybridized carbons (Fsp3) is 0.250. The molecule has 0 unspecified atom stereocenters. The van der Waals surface area contributed by atoms with Crippen LogP contribution in [0.1, 0.15) is 39.9 Å². The molecule has 0 radical (unpaired) electrons. The number of hydrogen-bond donors (Lipinski definition) is 1. The lowest BCUT2D eigenvalue weighted by Gasteiger charge is -2.38. The zero-order chi connectivity index (χ0) is 17.6. The van der Waals surface area contributed by atoms with Crippen LogP contribution >= 0.6 is 23.2 Å². The van der Waals surface area contributed by atoms with Crippen LogP contribution in [0.25, 0.3) is 0 Å². The van der Waals surface area contributed by atoms with Crippen LogP contribution in [-0.2, 0) is 4.74 Å². The molecule has 3 nitrogen and oxygen atoms in total. The lowest BCUT2D eigenvalue weighted by molar-refractivity contribution is 0.0600. The molecular formula is C20H17Cl2NO2. The van der Waals surface area contributed by atoms with Gasteiger partial charge in [-0.25, -0.2) is 4.79 Å². The minimum absolute atomic E-state index is 0.123. The number of halogens is 2. The summed E-state index contributed by atoms with van der Waals surface area (Å²) in [6.07, 6.45) is 5.45. The number of nitrogens with one attached hydrogen (secondary N) is 1. The number of carbonyl (C=O) groups is 1. The van der Waals surface area contributed by atoms with Gasteiger partial charge in [0.25, 0.3) is 0 Å². The summed E-state index contributed by atoms with van der Waals surface area (Å²) in [7, 11) is 1.39. The highest BCUT2D eigenvalue weighted by Crippen LogP contribution is 2.52. The van der Waals surface area contributed by atoms with E-state index in [0.717, 1.165) is 23.2 Å². The molecule has 128 valence electrons. The number of anilines is 1. The van der Waals surface area contributed by atoms with E-state index in [1.165, 1.54) is 7.11 Å². The first-order valence-electron chi connectivity index (χ1n) is 8.19. The molecule has 0 bridgehead atoms. The molecule has 0 spiro atoms. The van der Waals surface area contributed by atoms with Gasteiger partial charge in [0, 0.05) is 10.9 Å². The van der Waals surface area contributed by atoms with Gasteiger partial charge in [-0.15, -0.1) is 0 Å². The Kier molecular flexibility index (Phi) is 4.22. The molecule has 1 N–H and O–H groups in total. The molecule has 25 heavy (non-hydrogen) atoms. The first kappa shape index (κ1) is 16.5. The van der Waals surface area contributed by atoms with E-state index < -0.39 is 0 Å². The largest absolute Gasteiger partial charge is 0.465 e. The van der Waals surface area contributed by atoms with E-state index in [2.05, 4.69) is 17.5 Å². The van der Waals surface area contributed by atoms with Crippen LogP contribution in [0.2, 0.25) is 10.0 Å². The summed E-state index contributed by atoms with van der Waals surface area (Å²) in [5, 5.41) is 4.89. The third kappa shape index (κ3) is 2.82. The molecule has 1 aliphatic carbocycles. The van der Waals surface area contributed by atoms with Crippen LogP contribution in [0.15, 0.2) is 48.6 Å². The molecule has 2 aromatic rings. The second-order valence-corrected chi connectivity index (χ2v) is 7.28. The maximum atomic E-state index is 11.6. The number of benzene rings is 2. The fourth-order valence-corrected chi connectivity index (χ4v) is 4.46. The predicted molar refractivity (Wildman–Crippen MR) is 101 cm³/mol. The molecule has 0 aromatic heterocycles. The van der Waals surface area contributed by atoms with Crippen molar-refractivity contribution in [2.45, 2.75) is 18.4 Å². The highest BCUT2D eigenvalue weighted by atomic mass is 35.5. The molecule has 0 amide bonds. The predicted octanol–water partition coefficient (Wildman–Crippen LogP) is 5.61. The summed E-state index contributed by atoms with van der Waals surface area (Å²) in [5.74, 6) is 0.357. The third-order valence-corrected chi connectivity index (χ3v) is 5.59. The number of fused-ring (bicyclic) bond motifs is 3. The van der Waals surface area contributed by atoms with E-state index in [0.29, 0.717) is 21.5 Å². The Morgan fingerprint density at radius 2 is 1.96 bits per heavy atom. The second-order valence-electron chi connectivity index (χ2n) is 6.44. The average Bonchev–Trinajstić information content (AvgIpc) is 3.11. The van der Waals surface area contributed by atoms with Gasteiger partial charge in [0.1, 0.15) is 0 Å². The van der Waals surface area contributed by atoms with Gasteiger partial charge in [-0.2, -0.15) is 0 Å². The van der Waals surface area contributed by atoms with E-state index in [-0.39, 0.29) is 17.9 Å². The van der Waals surface area contributed by atoms with Gasteiger partial charge in [-0.3, -0.25) is 0 Å². The SMILES string of the molecule is COC(=O)c1ccc([C@@H]2Nc3c(Cl)cc(Cl)cc3[C@H]3C=CC[C@@H]32)cc1. The quantitative estimate of drug-likeness (QED) is 0.549. The molecule has 1 heterocycles. The zero-order valence-electron chi connectivity index (χ0n) is 13.6. The molecule has 0 saturated heterocycles. The number of methoxy groups -OCH3 is 1. The molecule has 0 fully saturated rings. The van der Waals surface area contributed by atoms with Crippen LogP contribution in [0.3, 0.4) is 0 Å². The van der Waals surface area contributed by atoms with E-state index in [1.807, 2.05) is 18.2 Å². The number of allylic oxidation sites excluding steroid dienone is 2. The Hall–Kier alpha value is -1.97. The van der Waals surface area contributed by atoms with Crippen molar-refractivity contribution in [3.63, 3.8) is 0 Å². The van der Waals surface area contributed by atoms with Crippen molar-refractivity contribution >= 4 is 34.9 Å². The molecular weight excluding hydrogens is 357 g/mol. The Balaban J connectivity index is 1.73. The lowest BCUT2D eigenvalue weighted by atomic mass is 9.77. The molecule has 3 atom stereocenters. The zero-order valence-corrected chi connectivity index (χ0v) is 15.1.